The Morgan fingerprint density at radius 3 is 2.25 bits per heavy atom. The van der Waals surface area contributed by atoms with Crippen LogP contribution in [0.2, 0.25) is 0 Å². The van der Waals surface area contributed by atoms with Gasteiger partial charge in [0.2, 0.25) is 11.2 Å². The highest BCUT2D eigenvalue weighted by atomic mass is 35.5. The van der Waals surface area contributed by atoms with Crippen molar-refractivity contribution in [2.24, 2.45) is 0 Å². The van der Waals surface area contributed by atoms with Gasteiger partial charge in [0.15, 0.2) is 0 Å². The Hall–Kier alpha value is -2.58. The molecule has 0 aliphatic rings. The maximum absolute atomic E-state index is 6.10. The zero-order valence-corrected chi connectivity index (χ0v) is 14.3. The second-order valence-corrected chi connectivity index (χ2v) is 5.78. The van der Waals surface area contributed by atoms with Crippen LogP contribution in [0.25, 0.3) is 32.9 Å². The van der Waals surface area contributed by atoms with E-state index < -0.39 is 0 Å². The van der Waals surface area contributed by atoms with E-state index in [1.165, 1.54) is 32.9 Å². The fourth-order valence-electron chi connectivity index (χ4n) is 3.43. The first kappa shape index (κ1) is 16.3. The molecule has 0 saturated heterocycles. The van der Waals surface area contributed by atoms with Crippen molar-refractivity contribution >= 4 is 27.4 Å². The summed E-state index contributed by atoms with van der Waals surface area (Å²) in [6.45, 7) is 3.10. The minimum absolute atomic E-state index is 0. The van der Waals surface area contributed by atoms with Gasteiger partial charge in [-0.2, -0.15) is 4.57 Å². The number of aromatic nitrogens is 1. The number of pyridine rings is 1. The fourth-order valence-corrected chi connectivity index (χ4v) is 3.43. The molecule has 0 aliphatic heterocycles. The lowest BCUT2D eigenvalue weighted by atomic mass is 9.98. The molecule has 4 rings (SSSR count). The van der Waals surface area contributed by atoms with Crippen molar-refractivity contribution < 1.29 is 17.0 Å². The van der Waals surface area contributed by atoms with Gasteiger partial charge >= 0.3 is 0 Å². The van der Waals surface area contributed by atoms with Crippen molar-refractivity contribution in [3.8, 4) is 11.3 Å². The third kappa shape index (κ3) is 2.49. The minimum Gasteiger partial charge on any atom is -1.00 e. The molecule has 1 heterocycles. The second-order valence-electron chi connectivity index (χ2n) is 5.78. The quantitative estimate of drug-likeness (QED) is 0.336. The first-order chi connectivity index (χ1) is 11.3. The summed E-state index contributed by atoms with van der Waals surface area (Å²) < 4.78 is 2.38. The number of nitrogens with two attached hydrogens (primary N) is 1. The molecule has 0 aliphatic carbocycles. The number of aryl methyl sites for hydroxylation is 1. The predicted molar refractivity (Wildman–Crippen MR) is 97.2 cm³/mol. The Morgan fingerprint density at radius 2 is 1.50 bits per heavy atom. The summed E-state index contributed by atoms with van der Waals surface area (Å²) >= 11 is 0. The molecule has 2 N–H and O–H groups in total. The predicted octanol–water partition coefficient (Wildman–Crippen LogP) is 1.55. The van der Waals surface area contributed by atoms with Crippen molar-refractivity contribution in [1.29, 1.82) is 0 Å². The van der Waals surface area contributed by atoms with Gasteiger partial charge in [-0.3, -0.25) is 0 Å². The van der Waals surface area contributed by atoms with Gasteiger partial charge in [-0.05, 0) is 37.3 Å². The van der Waals surface area contributed by atoms with E-state index in [4.69, 9.17) is 5.73 Å². The molecule has 1 aromatic heterocycles. The van der Waals surface area contributed by atoms with Crippen LogP contribution in [0.15, 0.2) is 72.8 Å². The third-order valence-electron chi connectivity index (χ3n) is 4.42. The minimum atomic E-state index is 0. The standard InChI is InChI=1S/C21H19N2.ClH/c1-2-23-20-11-7-6-10-18(20)17-13-12-16(22)14-19(17)21(23)15-8-4-3-5-9-15;/h3-14H,2,22H2,1H3;1H/q+1;/p-1. The van der Waals surface area contributed by atoms with E-state index in [0.717, 1.165) is 12.2 Å². The van der Waals surface area contributed by atoms with E-state index in [9.17, 15) is 0 Å². The smallest absolute Gasteiger partial charge is 0.220 e. The number of para-hydroxylation sites is 1. The van der Waals surface area contributed by atoms with Gasteiger partial charge in [0.1, 0.15) is 6.54 Å². The van der Waals surface area contributed by atoms with Crippen molar-refractivity contribution in [2.45, 2.75) is 13.5 Å². The lowest BCUT2D eigenvalue weighted by molar-refractivity contribution is -0.655. The molecule has 120 valence electrons. The van der Waals surface area contributed by atoms with E-state index >= 15 is 0 Å². The van der Waals surface area contributed by atoms with Gasteiger partial charge in [0.05, 0.1) is 10.8 Å². The van der Waals surface area contributed by atoms with Gasteiger partial charge < -0.3 is 18.1 Å². The first-order valence-corrected chi connectivity index (χ1v) is 7.99. The van der Waals surface area contributed by atoms with E-state index in [2.05, 4.69) is 78.2 Å². The second kappa shape index (κ2) is 6.50. The van der Waals surface area contributed by atoms with E-state index in [1.807, 2.05) is 6.07 Å². The monoisotopic (exact) mass is 334 g/mol. The Bertz CT molecular complexity index is 1010. The zero-order chi connectivity index (χ0) is 15.8. The summed E-state index contributed by atoms with van der Waals surface area (Å²) in [5.74, 6) is 0. The molecule has 3 heteroatoms. The Labute approximate surface area is 148 Å². The molecule has 0 radical (unpaired) electrons. The number of anilines is 1. The third-order valence-corrected chi connectivity index (χ3v) is 4.42. The number of fused-ring (bicyclic) bond motifs is 3. The summed E-state index contributed by atoms with van der Waals surface area (Å²) in [7, 11) is 0. The topological polar surface area (TPSA) is 29.9 Å². The Morgan fingerprint density at radius 1 is 0.792 bits per heavy atom. The van der Waals surface area contributed by atoms with Crippen LogP contribution >= 0.6 is 0 Å². The van der Waals surface area contributed by atoms with Crippen LogP contribution in [-0.2, 0) is 6.54 Å². The molecule has 0 spiro atoms. The molecule has 0 atom stereocenters. The number of nitrogen functional groups attached to an aromatic ring is 1. The number of nitrogens with zero attached hydrogens (tertiary/aromatic N) is 1. The van der Waals surface area contributed by atoms with Crippen LogP contribution in [0.1, 0.15) is 6.92 Å². The maximum atomic E-state index is 6.10. The summed E-state index contributed by atoms with van der Waals surface area (Å²) in [6.07, 6.45) is 0. The Kier molecular flexibility index (Phi) is 4.41. The SMILES string of the molecule is CC[n+]1c(-c2ccccc2)c2cc(N)ccc2c2ccccc21.[Cl-]. The van der Waals surface area contributed by atoms with Crippen LogP contribution in [0.4, 0.5) is 5.69 Å². The maximum Gasteiger partial charge on any atom is 0.220 e. The summed E-state index contributed by atoms with van der Waals surface area (Å²) in [5.41, 5.74) is 10.6. The molecule has 4 aromatic rings. The lowest BCUT2D eigenvalue weighted by Crippen LogP contribution is -3.00. The molecule has 2 nitrogen and oxygen atoms in total. The number of rotatable bonds is 2. The molecular weight excluding hydrogens is 316 g/mol. The van der Waals surface area contributed by atoms with Gasteiger partial charge in [-0.15, -0.1) is 0 Å². The highest BCUT2D eigenvalue weighted by molar-refractivity contribution is 6.09. The van der Waals surface area contributed by atoms with Crippen molar-refractivity contribution in [3.63, 3.8) is 0 Å². The van der Waals surface area contributed by atoms with E-state index in [0.29, 0.717) is 0 Å². The first-order valence-electron chi connectivity index (χ1n) is 7.99. The van der Waals surface area contributed by atoms with Crippen LogP contribution in [0.5, 0.6) is 0 Å². The van der Waals surface area contributed by atoms with Crippen molar-refractivity contribution in [3.05, 3.63) is 72.8 Å². The summed E-state index contributed by atoms with van der Waals surface area (Å²) in [6, 6.07) is 25.4. The van der Waals surface area contributed by atoms with E-state index in [1.54, 1.807) is 0 Å². The van der Waals surface area contributed by atoms with Gasteiger partial charge in [0.25, 0.3) is 0 Å². The van der Waals surface area contributed by atoms with Crippen molar-refractivity contribution in [1.82, 2.24) is 0 Å². The Balaban J connectivity index is 0.00000169. The largest absolute Gasteiger partial charge is 1.00 e. The van der Waals surface area contributed by atoms with Crippen LogP contribution in [0, 0.1) is 0 Å². The average molecular weight is 335 g/mol. The fraction of sp³-hybridized carbons (Fsp3) is 0.0952. The van der Waals surface area contributed by atoms with Crippen molar-refractivity contribution in [2.75, 3.05) is 5.73 Å². The number of halogens is 1. The molecular formula is C21H19ClN2. The highest BCUT2D eigenvalue weighted by Crippen LogP contribution is 2.32. The molecule has 0 amide bonds. The van der Waals surface area contributed by atoms with Gasteiger partial charge in [-0.1, -0.05) is 36.4 Å². The summed E-state index contributed by atoms with van der Waals surface area (Å²) in [4.78, 5) is 0. The van der Waals surface area contributed by atoms with Gasteiger partial charge in [-0.25, -0.2) is 0 Å². The summed E-state index contributed by atoms with van der Waals surface area (Å²) in [5, 5.41) is 3.72. The molecule has 3 aromatic carbocycles. The van der Waals surface area contributed by atoms with Crippen LogP contribution in [-0.4, -0.2) is 0 Å². The average Bonchev–Trinajstić information content (AvgIpc) is 2.61. The number of benzene rings is 3. The molecule has 24 heavy (non-hydrogen) atoms. The molecule has 0 saturated carbocycles. The number of hydrogen-bond acceptors (Lipinski definition) is 1. The van der Waals surface area contributed by atoms with Gasteiger partial charge in [0, 0.05) is 22.7 Å². The number of hydrogen-bond donors (Lipinski definition) is 1. The highest BCUT2D eigenvalue weighted by Gasteiger charge is 2.21. The zero-order valence-electron chi connectivity index (χ0n) is 13.5. The normalized spacial score (nSPS) is 10.7. The van der Waals surface area contributed by atoms with Crippen LogP contribution < -0.4 is 22.7 Å². The lowest BCUT2D eigenvalue weighted by Gasteiger charge is -2.11. The molecule has 0 bridgehead atoms. The van der Waals surface area contributed by atoms with Crippen LogP contribution in [0.3, 0.4) is 0 Å². The molecule has 0 fully saturated rings. The molecule has 0 unspecified atom stereocenters. The van der Waals surface area contributed by atoms with E-state index in [-0.39, 0.29) is 12.4 Å².